The Morgan fingerprint density at radius 2 is 1.72 bits per heavy atom. The molecular weight excluding hydrogens is 450 g/mol. The Kier molecular flexibility index (Phi) is 6.25. The van der Waals surface area contributed by atoms with E-state index >= 15 is 0 Å². The monoisotopic (exact) mass is 465 g/mol. The Morgan fingerprint density at radius 1 is 1.06 bits per heavy atom. The van der Waals surface area contributed by atoms with Gasteiger partial charge in [-0.3, -0.25) is 10.1 Å². The second kappa shape index (κ2) is 9.25. The fourth-order valence-electron chi connectivity index (χ4n) is 2.98. The second-order valence-corrected chi connectivity index (χ2v) is 8.18. The topological polar surface area (TPSA) is 87.3 Å². The van der Waals surface area contributed by atoms with Crippen LogP contribution >= 0.6 is 23.4 Å². The van der Waals surface area contributed by atoms with E-state index in [4.69, 9.17) is 16.3 Å². The van der Waals surface area contributed by atoms with Gasteiger partial charge in [-0.05, 0) is 37.3 Å². The van der Waals surface area contributed by atoms with Crippen LogP contribution in [0.1, 0.15) is 16.1 Å². The molecule has 3 aromatic carbocycles. The summed E-state index contributed by atoms with van der Waals surface area (Å²) in [7, 11) is 0. The number of hydrogen-bond donors (Lipinski definition) is 0. The summed E-state index contributed by atoms with van der Waals surface area (Å²) in [5.41, 5.74) is 1.00. The zero-order valence-electron chi connectivity index (χ0n) is 16.8. The minimum absolute atomic E-state index is 0.0559. The molecule has 0 radical (unpaired) electrons. The lowest BCUT2D eigenvalue weighted by Gasteiger charge is -2.11. The maximum atomic E-state index is 13.0. The summed E-state index contributed by atoms with van der Waals surface area (Å²) in [6.07, 6.45) is 0. The van der Waals surface area contributed by atoms with Crippen molar-refractivity contribution in [3.63, 3.8) is 0 Å². The molecule has 32 heavy (non-hydrogen) atoms. The van der Waals surface area contributed by atoms with Crippen molar-refractivity contribution in [3.8, 4) is 11.6 Å². The van der Waals surface area contributed by atoms with Crippen molar-refractivity contribution in [2.24, 2.45) is 0 Å². The maximum Gasteiger partial charge on any atom is 0.346 e. The minimum atomic E-state index is -0.814. The summed E-state index contributed by atoms with van der Waals surface area (Å²) in [5, 5.41) is 15.8. The van der Waals surface area contributed by atoms with E-state index in [9.17, 15) is 14.9 Å². The number of aryl methyl sites for hydroxylation is 1. The number of hydrogen-bond acceptors (Lipinski definition) is 6. The van der Waals surface area contributed by atoms with Crippen LogP contribution in [0.4, 0.5) is 5.69 Å². The van der Waals surface area contributed by atoms with E-state index in [1.54, 1.807) is 0 Å². The molecule has 0 atom stereocenters. The fourth-order valence-corrected chi connectivity index (χ4v) is 4.10. The molecule has 0 aliphatic heterocycles. The van der Waals surface area contributed by atoms with E-state index in [1.807, 2.05) is 67.6 Å². The number of non-ortho nitro benzene ring substituents is 1. The first kappa shape index (κ1) is 21.6. The number of nitrogens with zero attached hydrogens (tertiary/aromatic N) is 3. The van der Waals surface area contributed by atoms with Crippen LogP contribution in [0.15, 0.2) is 88.7 Å². The maximum absolute atomic E-state index is 13.0. The number of halogens is 1. The van der Waals surface area contributed by atoms with E-state index in [0.29, 0.717) is 16.3 Å². The van der Waals surface area contributed by atoms with Gasteiger partial charge in [-0.25, -0.2) is 4.79 Å². The van der Waals surface area contributed by atoms with Crippen molar-refractivity contribution in [1.82, 2.24) is 9.78 Å². The normalized spacial score (nSPS) is 10.7. The van der Waals surface area contributed by atoms with Crippen molar-refractivity contribution in [1.29, 1.82) is 0 Å². The molecule has 0 aliphatic rings. The molecule has 0 aliphatic carbocycles. The van der Waals surface area contributed by atoms with Gasteiger partial charge in [-0.2, -0.15) is 9.78 Å². The van der Waals surface area contributed by atoms with Gasteiger partial charge in [0, 0.05) is 17.0 Å². The van der Waals surface area contributed by atoms with E-state index in [0.717, 1.165) is 11.0 Å². The predicted molar refractivity (Wildman–Crippen MR) is 122 cm³/mol. The molecular formula is C23H16ClN3O4S. The molecule has 0 fully saturated rings. The zero-order chi connectivity index (χ0) is 22.7. The average molecular weight is 466 g/mol. The number of benzene rings is 3. The molecule has 7 nitrogen and oxygen atoms in total. The molecule has 0 amide bonds. The standard InChI is InChI=1S/C23H16ClN3O4S/c1-15-21(32-18-10-6-3-7-11-18)22(26(25-15)16-8-4-2-5-9-16)31-23(28)19-14-17(27(29)30)12-13-20(19)24/h2-14H,1H3. The van der Waals surface area contributed by atoms with E-state index in [1.165, 1.54) is 28.6 Å². The average Bonchev–Trinajstić information content (AvgIpc) is 3.10. The van der Waals surface area contributed by atoms with Crippen molar-refractivity contribution in [2.45, 2.75) is 16.7 Å². The van der Waals surface area contributed by atoms with Crippen LogP contribution in [0.25, 0.3) is 5.69 Å². The molecule has 1 heterocycles. The van der Waals surface area contributed by atoms with Gasteiger partial charge in [0.1, 0.15) is 0 Å². The molecule has 1 aromatic heterocycles. The van der Waals surface area contributed by atoms with Crippen molar-refractivity contribution < 1.29 is 14.5 Å². The number of rotatable bonds is 6. The van der Waals surface area contributed by atoms with Gasteiger partial charge in [0.05, 0.1) is 31.8 Å². The van der Waals surface area contributed by atoms with Gasteiger partial charge < -0.3 is 4.74 Å². The molecule has 9 heteroatoms. The summed E-state index contributed by atoms with van der Waals surface area (Å²) in [5.74, 6) is -0.610. The summed E-state index contributed by atoms with van der Waals surface area (Å²) in [6, 6.07) is 22.5. The summed E-state index contributed by atoms with van der Waals surface area (Å²) >= 11 is 7.55. The van der Waals surface area contributed by atoms with E-state index in [2.05, 4.69) is 5.10 Å². The first-order valence-electron chi connectivity index (χ1n) is 9.48. The Hall–Kier alpha value is -3.62. The largest absolute Gasteiger partial charge is 0.402 e. The van der Waals surface area contributed by atoms with Crippen LogP contribution in [0.2, 0.25) is 5.02 Å². The number of ether oxygens (including phenoxy) is 1. The third-order valence-corrected chi connectivity index (χ3v) is 6.01. The third kappa shape index (κ3) is 4.51. The Morgan fingerprint density at radius 3 is 2.38 bits per heavy atom. The van der Waals surface area contributed by atoms with Crippen molar-refractivity contribution >= 4 is 35.0 Å². The predicted octanol–water partition coefficient (Wildman–Crippen LogP) is 6.11. The summed E-state index contributed by atoms with van der Waals surface area (Å²) in [4.78, 5) is 25.2. The van der Waals surface area contributed by atoms with Gasteiger partial charge in [0.25, 0.3) is 5.69 Å². The number of carbonyl (C=O) groups is 1. The van der Waals surface area contributed by atoms with Crippen LogP contribution in [0.3, 0.4) is 0 Å². The lowest BCUT2D eigenvalue weighted by Crippen LogP contribution is -2.13. The van der Waals surface area contributed by atoms with Crippen LogP contribution in [-0.2, 0) is 0 Å². The molecule has 0 spiro atoms. The van der Waals surface area contributed by atoms with Crippen LogP contribution in [0.5, 0.6) is 5.88 Å². The number of para-hydroxylation sites is 1. The summed E-state index contributed by atoms with van der Waals surface area (Å²) in [6.45, 7) is 1.82. The van der Waals surface area contributed by atoms with Gasteiger partial charge >= 0.3 is 5.97 Å². The third-order valence-electron chi connectivity index (χ3n) is 4.50. The number of nitro benzene ring substituents is 1. The highest BCUT2D eigenvalue weighted by molar-refractivity contribution is 7.99. The highest BCUT2D eigenvalue weighted by Gasteiger charge is 2.25. The van der Waals surface area contributed by atoms with Crippen LogP contribution in [0, 0.1) is 17.0 Å². The van der Waals surface area contributed by atoms with Crippen LogP contribution in [-0.4, -0.2) is 20.7 Å². The lowest BCUT2D eigenvalue weighted by molar-refractivity contribution is -0.384. The molecule has 0 N–H and O–H groups in total. The minimum Gasteiger partial charge on any atom is -0.402 e. The summed E-state index contributed by atoms with van der Waals surface area (Å²) < 4.78 is 7.29. The molecule has 0 unspecified atom stereocenters. The second-order valence-electron chi connectivity index (χ2n) is 6.69. The number of esters is 1. The zero-order valence-corrected chi connectivity index (χ0v) is 18.3. The SMILES string of the molecule is Cc1nn(-c2ccccc2)c(OC(=O)c2cc([N+](=O)[O-])ccc2Cl)c1Sc1ccccc1. The van der Waals surface area contributed by atoms with Gasteiger partial charge in [-0.1, -0.05) is 59.8 Å². The lowest BCUT2D eigenvalue weighted by atomic mass is 10.2. The Labute approximate surface area is 192 Å². The molecule has 4 rings (SSSR count). The highest BCUT2D eigenvalue weighted by atomic mass is 35.5. The van der Waals surface area contributed by atoms with Crippen molar-refractivity contribution in [2.75, 3.05) is 0 Å². The molecule has 0 saturated carbocycles. The molecule has 160 valence electrons. The molecule has 4 aromatic rings. The molecule has 0 bridgehead atoms. The quantitative estimate of drug-likeness (QED) is 0.194. The number of nitro groups is 1. The molecule has 0 saturated heterocycles. The van der Waals surface area contributed by atoms with Crippen LogP contribution < -0.4 is 4.74 Å². The smallest absolute Gasteiger partial charge is 0.346 e. The Bertz CT molecular complexity index is 1290. The van der Waals surface area contributed by atoms with Gasteiger partial charge in [0.15, 0.2) is 0 Å². The van der Waals surface area contributed by atoms with Crippen molar-refractivity contribution in [3.05, 3.63) is 105 Å². The Balaban J connectivity index is 1.79. The van der Waals surface area contributed by atoms with E-state index < -0.39 is 10.9 Å². The number of aromatic nitrogens is 2. The van der Waals surface area contributed by atoms with E-state index in [-0.39, 0.29) is 22.2 Å². The van der Waals surface area contributed by atoms with Gasteiger partial charge in [0.2, 0.25) is 5.88 Å². The number of carbonyl (C=O) groups excluding carboxylic acids is 1. The first-order chi connectivity index (χ1) is 15.4. The first-order valence-corrected chi connectivity index (χ1v) is 10.7. The van der Waals surface area contributed by atoms with Gasteiger partial charge in [-0.15, -0.1) is 0 Å². The highest BCUT2D eigenvalue weighted by Crippen LogP contribution is 2.39. The fraction of sp³-hybridized carbons (Fsp3) is 0.0435.